The molecule has 2 aromatic rings. The summed E-state index contributed by atoms with van der Waals surface area (Å²) in [6.45, 7) is -0.296. The van der Waals surface area contributed by atoms with E-state index in [1.165, 1.54) is 18.2 Å². The van der Waals surface area contributed by atoms with Crippen molar-refractivity contribution >= 4 is 31.3 Å². The van der Waals surface area contributed by atoms with Crippen molar-refractivity contribution in [2.75, 3.05) is 0 Å². The van der Waals surface area contributed by atoms with Crippen molar-refractivity contribution < 1.29 is 21.9 Å². The Kier molecular flexibility index (Phi) is 4.70. The Morgan fingerprint density at radius 1 is 1.10 bits per heavy atom. The maximum absolute atomic E-state index is 13.7. The van der Waals surface area contributed by atoms with Crippen molar-refractivity contribution in [1.29, 1.82) is 0 Å². The number of hydrogen-bond acceptors (Lipinski definition) is 3. The second-order valence-corrected chi connectivity index (χ2v) is 6.99. The standard InChI is InChI=1S/C13H8Cl2F2O3S/c14-10-2-1-3-11(16)9(10)7-20-13-5-4-8(6-12(13)17)21(15,18)19/h1-6H,7H2. The third-order valence-electron chi connectivity index (χ3n) is 2.62. The van der Waals surface area contributed by atoms with Crippen LogP contribution >= 0.6 is 22.3 Å². The molecule has 0 atom stereocenters. The molecule has 0 spiro atoms. The van der Waals surface area contributed by atoms with Gasteiger partial charge < -0.3 is 4.74 Å². The molecule has 21 heavy (non-hydrogen) atoms. The Morgan fingerprint density at radius 3 is 2.38 bits per heavy atom. The van der Waals surface area contributed by atoms with E-state index in [4.69, 9.17) is 27.0 Å². The van der Waals surface area contributed by atoms with Gasteiger partial charge in [-0.05, 0) is 30.3 Å². The van der Waals surface area contributed by atoms with Gasteiger partial charge in [0.05, 0.1) is 9.92 Å². The van der Waals surface area contributed by atoms with Crippen LogP contribution in [-0.4, -0.2) is 8.42 Å². The second kappa shape index (κ2) is 6.17. The summed E-state index contributed by atoms with van der Waals surface area (Å²) < 4.78 is 54.5. The van der Waals surface area contributed by atoms with Crippen molar-refractivity contribution in [3.8, 4) is 5.75 Å². The van der Waals surface area contributed by atoms with Gasteiger partial charge in [0.15, 0.2) is 11.6 Å². The Labute approximate surface area is 129 Å². The van der Waals surface area contributed by atoms with Crippen molar-refractivity contribution in [3.05, 3.63) is 58.6 Å². The van der Waals surface area contributed by atoms with E-state index in [1.807, 2.05) is 0 Å². The highest BCUT2D eigenvalue weighted by atomic mass is 35.7. The molecule has 0 bridgehead atoms. The second-order valence-electron chi connectivity index (χ2n) is 4.02. The van der Waals surface area contributed by atoms with Crippen LogP contribution in [0.4, 0.5) is 8.78 Å². The minimum absolute atomic E-state index is 0.0765. The van der Waals surface area contributed by atoms with Crippen LogP contribution < -0.4 is 4.74 Å². The van der Waals surface area contributed by atoms with E-state index in [9.17, 15) is 17.2 Å². The highest BCUT2D eigenvalue weighted by Gasteiger charge is 2.15. The normalized spacial score (nSPS) is 11.4. The predicted octanol–water partition coefficient (Wildman–Crippen LogP) is 4.12. The van der Waals surface area contributed by atoms with E-state index in [0.717, 1.165) is 18.2 Å². The molecule has 0 aliphatic rings. The molecule has 3 nitrogen and oxygen atoms in total. The van der Waals surface area contributed by atoms with Gasteiger partial charge in [0.2, 0.25) is 0 Å². The van der Waals surface area contributed by atoms with Crippen LogP contribution in [0.2, 0.25) is 5.02 Å². The van der Waals surface area contributed by atoms with Gasteiger partial charge in [-0.1, -0.05) is 17.7 Å². The quantitative estimate of drug-likeness (QED) is 0.777. The SMILES string of the molecule is O=S(=O)(Cl)c1ccc(OCc2c(F)cccc2Cl)c(F)c1. The molecule has 0 aliphatic carbocycles. The summed E-state index contributed by atoms with van der Waals surface area (Å²) >= 11 is 5.81. The lowest BCUT2D eigenvalue weighted by molar-refractivity contribution is 0.284. The minimum atomic E-state index is -4.03. The van der Waals surface area contributed by atoms with E-state index in [0.29, 0.717) is 0 Å². The van der Waals surface area contributed by atoms with Gasteiger partial charge in [0, 0.05) is 16.2 Å². The summed E-state index contributed by atoms with van der Waals surface area (Å²) in [6.07, 6.45) is 0. The molecule has 2 rings (SSSR count). The first kappa shape index (κ1) is 16.0. The van der Waals surface area contributed by atoms with Crippen LogP contribution in [0.5, 0.6) is 5.75 Å². The Balaban J connectivity index is 2.22. The van der Waals surface area contributed by atoms with Crippen molar-refractivity contribution in [2.24, 2.45) is 0 Å². The van der Waals surface area contributed by atoms with Gasteiger partial charge in [-0.3, -0.25) is 0 Å². The smallest absolute Gasteiger partial charge is 0.261 e. The van der Waals surface area contributed by atoms with Crippen LogP contribution in [0, 0.1) is 11.6 Å². The fraction of sp³-hybridized carbons (Fsp3) is 0.0769. The molecule has 0 amide bonds. The fourth-order valence-corrected chi connectivity index (χ4v) is 2.55. The number of ether oxygens (including phenoxy) is 1. The molecule has 112 valence electrons. The maximum atomic E-state index is 13.7. The fourth-order valence-electron chi connectivity index (χ4n) is 1.57. The maximum Gasteiger partial charge on any atom is 0.261 e. The molecule has 0 radical (unpaired) electrons. The first-order valence-electron chi connectivity index (χ1n) is 5.59. The molecule has 8 heteroatoms. The zero-order chi connectivity index (χ0) is 15.6. The zero-order valence-corrected chi connectivity index (χ0v) is 12.6. The first-order valence-corrected chi connectivity index (χ1v) is 8.27. The third-order valence-corrected chi connectivity index (χ3v) is 4.32. The molecule has 0 saturated heterocycles. The van der Waals surface area contributed by atoms with Crippen LogP contribution in [0.1, 0.15) is 5.56 Å². The average Bonchev–Trinajstić information content (AvgIpc) is 2.38. The average molecular weight is 353 g/mol. The summed E-state index contributed by atoms with van der Waals surface area (Å²) in [5, 5.41) is 0.148. The Morgan fingerprint density at radius 2 is 1.81 bits per heavy atom. The van der Waals surface area contributed by atoms with Gasteiger partial charge in [0.1, 0.15) is 12.4 Å². The van der Waals surface area contributed by atoms with Crippen LogP contribution in [0.25, 0.3) is 0 Å². The topological polar surface area (TPSA) is 43.4 Å². The monoisotopic (exact) mass is 352 g/mol. The molecule has 0 aliphatic heterocycles. The summed E-state index contributed by atoms with van der Waals surface area (Å²) in [5.41, 5.74) is 0.0765. The summed E-state index contributed by atoms with van der Waals surface area (Å²) in [7, 11) is 1.07. The lowest BCUT2D eigenvalue weighted by Crippen LogP contribution is -2.02. The largest absolute Gasteiger partial charge is 0.486 e. The number of hydrogen-bond donors (Lipinski definition) is 0. The lowest BCUT2D eigenvalue weighted by atomic mass is 10.2. The van der Waals surface area contributed by atoms with Crippen molar-refractivity contribution in [2.45, 2.75) is 11.5 Å². The molecule has 0 N–H and O–H groups in total. The molecule has 0 unspecified atom stereocenters. The van der Waals surface area contributed by atoms with Gasteiger partial charge in [0.25, 0.3) is 9.05 Å². The van der Waals surface area contributed by atoms with E-state index in [1.54, 1.807) is 0 Å². The van der Waals surface area contributed by atoms with Gasteiger partial charge in [-0.25, -0.2) is 17.2 Å². The van der Waals surface area contributed by atoms with Crippen LogP contribution in [-0.2, 0) is 15.7 Å². The third kappa shape index (κ3) is 3.84. The Bertz CT molecular complexity index is 759. The van der Waals surface area contributed by atoms with Gasteiger partial charge >= 0.3 is 0 Å². The molecule has 0 fully saturated rings. The molecular formula is C13H8Cl2F2O3S. The minimum Gasteiger partial charge on any atom is -0.486 e. The molecule has 0 aromatic heterocycles. The van der Waals surface area contributed by atoms with Crippen LogP contribution in [0.3, 0.4) is 0 Å². The number of benzene rings is 2. The van der Waals surface area contributed by atoms with E-state index < -0.39 is 25.6 Å². The highest BCUT2D eigenvalue weighted by Crippen LogP contribution is 2.26. The highest BCUT2D eigenvalue weighted by molar-refractivity contribution is 8.13. The van der Waals surface area contributed by atoms with E-state index >= 15 is 0 Å². The Hall–Kier alpha value is -1.37. The predicted molar refractivity (Wildman–Crippen MR) is 75.2 cm³/mol. The van der Waals surface area contributed by atoms with Crippen molar-refractivity contribution in [3.63, 3.8) is 0 Å². The summed E-state index contributed by atoms with van der Waals surface area (Å²) in [5.74, 6) is -1.74. The first-order chi connectivity index (χ1) is 9.79. The number of rotatable bonds is 4. The number of halogens is 4. The lowest BCUT2D eigenvalue weighted by Gasteiger charge is -2.10. The van der Waals surface area contributed by atoms with E-state index in [2.05, 4.69) is 0 Å². The summed E-state index contributed by atoms with van der Waals surface area (Å²) in [4.78, 5) is -0.391. The van der Waals surface area contributed by atoms with Gasteiger partial charge in [-0.2, -0.15) is 0 Å². The van der Waals surface area contributed by atoms with Crippen LogP contribution in [0.15, 0.2) is 41.3 Å². The summed E-state index contributed by atoms with van der Waals surface area (Å²) in [6, 6.07) is 7.01. The molecule has 2 aromatic carbocycles. The zero-order valence-electron chi connectivity index (χ0n) is 10.3. The molecular weight excluding hydrogens is 345 g/mol. The van der Waals surface area contributed by atoms with E-state index in [-0.39, 0.29) is 22.9 Å². The molecule has 0 heterocycles. The van der Waals surface area contributed by atoms with Crippen molar-refractivity contribution in [1.82, 2.24) is 0 Å². The van der Waals surface area contributed by atoms with Gasteiger partial charge in [-0.15, -0.1) is 0 Å². The molecule has 0 saturated carbocycles.